The van der Waals surface area contributed by atoms with Crippen molar-refractivity contribution >= 4 is 68.1 Å². The van der Waals surface area contributed by atoms with Crippen molar-refractivity contribution in [3.05, 3.63) is 87.9 Å². The molecular weight excluding hydrogens is 516 g/mol. The van der Waals surface area contributed by atoms with E-state index < -0.39 is 29.4 Å². The summed E-state index contributed by atoms with van der Waals surface area (Å²) in [5, 5.41) is 14.6. The summed E-state index contributed by atoms with van der Waals surface area (Å²) < 4.78 is 0.749. The number of fused-ring (bicyclic) bond motifs is 1. The van der Waals surface area contributed by atoms with Crippen molar-refractivity contribution in [2.24, 2.45) is 5.10 Å². The topological polar surface area (TPSA) is 129 Å². The quantitative estimate of drug-likeness (QED) is 0.232. The Morgan fingerprint density at radius 2 is 1.78 bits per heavy atom. The molecule has 1 aromatic heterocycles. The number of amides is 3. The second-order valence-electron chi connectivity index (χ2n) is 8.15. The fourth-order valence-corrected chi connectivity index (χ4v) is 5.27. The van der Waals surface area contributed by atoms with Gasteiger partial charge in [0, 0.05) is 5.02 Å². The molecule has 37 heavy (non-hydrogen) atoms. The molecule has 0 radical (unpaired) electrons. The molecule has 2 N–H and O–H groups in total. The van der Waals surface area contributed by atoms with E-state index in [0.29, 0.717) is 16.1 Å². The number of Topliss-reactive ketones (excluding diaryl/α,β-unsaturated/α-hetero) is 1. The summed E-state index contributed by atoms with van der Waals surface area (Å²) in [5.74, 6) is -5.39. The largest absolute Gasteiger partial charge is 0.507 e. The molecule has 1 aliphatic rings. The number of thiazole rings is 1. The van der Waals surface area contributed by atoms with Gasteiger partial charge in [0.2, 0.25) is 5.78 Å². The molecule has 0 aliphatic carbocycles. The van der Waals surface area contributed by atoms with Crippen molar-refractivity contribution in [2.75, 3.05) is 4.90 Å². The van der Waals surface area contributed by atoms with E-state index in [0.717, 1.165) is 20.9 Å². The molecule has 0 bridgehead atoms. The first kappa shape index (κ1) is 24.3. The van der Waals surface area contributed by atoms with Gasteiger partial charge in [-0.2, -0.15) is 5.10 Å². The van der Waals surface area contributed by atoms with E-state index in [-0.39, 0.29) is 27.7 Å². The van der Waals surface area contributed by atoms with Gasteiger partial charge < -0.3 is 5.11 Å². The van der Waals surface area contributed by atoms with Crippen LogP contribution in [0.5, 0.6) is 5.75 Å². The van der Waals surface area contributed by atoms with Gasteiger partial charge in [0.05, 0.1) is 21.5 Å². The number of imide groups is 1. The molecular formula is C26H17ClN4O5S. The first-order valence-electron chi connectivity index (χ1n) is 11.0. The number of aromatic nitrogens is 1. The number of hydrogen-bond donors (Lipinski definition) is 2. The van der Waals surface area contributed by atoms with Crippen LogP contribution in [0.1, 0.15) is 26.8 Å². The molecule has 1 saturated heterocycles. The summed E-state index contributed by atoms with van der Waals surface area (Å²) in [7, 11) is 0. The molecule has 1 atom stereocenters. The maximum Gasteiger partial charge on any atom is 0.302 e. The van der Waals surface area contributed by atoms with Crippen molar-refractivity contribution in [1.29, 1.82) is 0 Å². The monoisotopic (exact) mass is 532 g/mol. The van der Waals surface area contributed by atoms with Gasteiger partial charge in [-0.25, -0.2) is 15.3 Å². The lowest BCUT2D eigenvalue weighted by Gasteiger charge is -2.30. The van der Waals surface area contributed by atoms with E-state index in [9.17, 15) is 24.3 Å². The SMILES string of the molecule is Cc1cc(Cl)ccc1N1C(=O)C(=O)[C@@H](c2nc3ccccc3s2)/C(=N/NC(=O)c2ccccc2O)C1=O. The number of carbonyl (C=O) groups is 4. The summed E-state index contributed by atoms with van der Waals surface area (Å²) in [4.78, 5) is 58.3. The molecule has 11 heteroatoms. The predicted molar refractivity (Wildman–Crippen MR) is 139 cm³/mol. The minimum absolute atomic E-state index is 0.0838. The van der Waals surface area contributed by atoms with Gasteiger partial charge in [-0.3, -0.25) is 19.2 Å². The number of carbonyl (C=O) groups excluding carboxylic acids is 4. The summed E-state index contributed by atoms with van der Waals surface area (Å²) in [6.45, 7) is 1.64. The number of aryl methyl sites for hydroxylation is 1. The lowest BCUT2D eigenvalue weighted by atomic mass is 9.91. The highest BCUT2D eigenvalue weighted by molar-refractivity contribution is 7.19. The Morgan fingerprint density at radius 3 is 2.51 bits per heavy atom. The molecule has 0 saturated carbocycles. The molecule has 0 unspecified atom stereocenters. The van der Waals surface area contributed by atoms with Crippen LogP contribution in [0.3, 0.4) is 0 Å². The van der Waals surface area contributed by atoms with Crippen LogP contribution >= 0.6 is 22.9 Å². The molecule has 184 valence electrons. The van der Waals surface area contributed by atoms with Crippen molar-refractivity contribution in [1.82, 2.24) is 10.4 Å². The molecule has 0 spiro atoms. The molecule has 3 amide bonds. The van der Waals surface area contributed by atoms with E-state index in [1.54, 1.807) is 49.4 Å². The van der Waals surface area contributed by atoms with Crippen LogP contribution in [0.25, 0.3) is 10.2 Å². The highest BCUT2D eigenvalue weighted by Crippen LogP contribution is 2.35. The van der Waals surface area contributed by atoms with Crippen molar-refractivity contribution in [3.63, 3.8) is 0 Å². The second kappa shape index (κ2) is 9.57. The Balaban J connectivity index is 1.61. The van der Waals surface area contributed by atoms with Gasteiger partial charge >= 0.3 is 5.91 Å². The first-order chi connectivity index (χ1) is 17.8. The number of benzene rings is 3. The Labute approximate surface area is 219 Å². The Bertz CT molecular complexity index is 1610. The summed E-state index contributed by atoms with van der Waals surface area (Å²) >= 11 is 7.17. The Morgan fingerprint density at radius 1 is 1.05 bits per heavy atom. The van der Waals surface area contributed by atoms with Crippen molar-refractivity contribution in [3.8, 4) is 5.75 Å². The number of aromatic hydroxyl groups is 1. The minimum atomic E-state index is -1.43. The van der Waals surface area contributed by atoms with E-state index in [1.807, 2.05) is 0 Å². The number of nitrogens with one attached hydrogen (secondary N) is 1. The lowest BCUT2D eigenvalue weighted by Crippen LogP contribution is -2.55. The fourth-order valence-electron chi connectivity index (χ4n) is 3.97. The molecule has 2 heterocycles. The normalized spacial score (nSPS) is 17.0. The predicted octanol–water partition coefficient (Wildman–Crippen LogP) is 3.98. The molecule has 1 fully saturated rings. The first-order valence-corrected chi connectivity index (χ1v) is 12.2. The van der Waals surface area contributed by atoms with Gasteiger partial charge in [0.25, 0.3) is 11.8 Å². The van der Waals surface area contributed by atoms with Crippen LogP contribution in [0.4, 0.5) is 5.69 Å². The van der Waals surface area contributed by atoms with Crippen molar-refractivity contribution in [2.45, 2.75) is 12.8 Å². The smallest absolute Gasteiger partial charge is 0.302 e. The maximum absolute atomic E-state index is 13.7. The van der Waals surface area contributed by atoms with Gasteiger partial charge in [-0.1, -0.05) is 35.9 Å². The van der Waals surface area contributed by atoms with Crippen LogP contribution in [-0.4, -0.2) is 39.3 Å². The van der Waals surface area contributed by atoms with Gasteiger partial charge in [0.1, 0.15) is 22.4 Å². The number of hydrogen-bond acceptors (Lipinski definition) is 8. The highest BCUT2D eigenvalue weighted by Gasteiger charge is 2.49. The van der Waals surface area contributed by atoms with Crippen LogP contribution in [0.2, 0.25) is 5.02 Å². The molecule has 9 nitrogen and oxygen atoms in total. The number of piperidine rings is 1. The van der Waals surface area contributed by atoms with Crippen molar-refractivity contribution < 1.29 is 24.3 Å². The number of nitrogens with zero attached hydrogens (tertiary/aromatic N) is 3. The zero-order valence-electron chi connectivity index (χ0n) is 19.1. The van der Waals surface area contributed by atoms with E-state index >= 15 is 0 Å². The number of phenols is 1. The number of para-hydroxylation sites is 2. The number of halogens is 1. The fraction of sp³-hybridized carbons (Fsp3) is 0.0769. The summed E-state index contributed by atoms with van der Waals surface area (Å²) in [5.41, 5.74) is 3.00. The minimum Gasteiger partial charge on any atom is -0.507 e. The number of rotatable bonds is 4. The number of anilines is 1. The third-order valence-electron chi connectivity index (χ3n) is 5.76. The van der Waals surface area contributed by atoms with Crippen LogP contribution in [0, 0.1) is 6.92 Å². The second-order valence-corrected chi connectivity index (χ2v) is 9.65. The van der Waals surface area contributed by atoms with E-state index in [1.165, 1.54) is 24.3 Å². The van der Waals surface area contributed by atoms with E-state index in [2.05, 4.69) is 15.5 Å². The zero-order chi connectivity index (χ0) is 26.3. The molecule has 5 rings (SSSR count). The van der Waals surface area contributed by atoms with Gasteiger partial charge in [0.15, 0.2) is 0 Å². The summed E-state index contributed by atoms with van der Waals surface area (Å²) in [6.07, 6.45) is 0. The van der Waals surface area contributed by atoms with E-state index in [4.69, 9.17) is 11.6 Å². The van der Waals surface area contributed by atoms with Gasteiger partial charge in [-0.05, 0) is 55.0 Å². The van der Waals surface area contributed by atoms with Gasteiger partial charge in [-0.15, -0.1) is 11.3 Å². The molecule has 4 aromatic rings. The van der Waals surface area contributed by atoms with Crippen LogP contribution in [0.15, 0.2) is 71.8 Å². The number of hydrazone groups is 1. The zero-order valence-corrected chi connectivity index (χ0v) is 20.7. The third kappa shape index (κ3) is 4.37. The standard InChI is InChI=1S/C26H17ClN4O5S/c1-13-12-14(27)10-11-17(13)31-25(35)21(29-30-23(34)15-6-2-4-8-18(15)32)20(22(33)26(31)36)24-28-16-7-3-5-9-19(16)37-24/h2-12,20,32H,1H3,(H,30,34)/b29-21-/t20-/m0/s1. The Hall–Kier alpha value is -4.41. The molecule has 1 aliphatic heterocycles. The summed E-state index contributed by atoms with van der Waals surface area (Å²) in [6, 6.07) is 17.4. The highest BCUT2D eigenvalue weighted by atomic mass is 35.5. The molecule has 3 aromatic carbocycles. The average Bonchev–Trinajstić information content (AvgIpc) is 3.30. The number of ketones is 1. The third-order valence-corrected chi connectivity index (χ3v) is 7.09. The number of phenolic OH excluding ortho intramolecular Hbond substituents is 1. The average molecular weight is 533 g/mol. The Kier molecular flexibility index (Phi) is 6.28. The van der Waals surface area contributed by atoms with Crippen LogP contribution in [-0.2, 0) is 14.4 Å². The lowest BCUT2D eigenvalue weighted by molar-refractivity contribution is -0.139. The maximum atomic E-state index is 13.7. The van der Waals surface area contributed by atoms with Crippen LogP contribution < -0.4 is 10.3 Å².